The highest BCUT2D eigenvalue weighted by molar-refractivity contribution is 8.00. The monoisotopic (exact) mass is 395 g/mol. The lowest BCUT2D eigenvalue weighted by molar-refractivity contribution is -0.132. The lowest BCUT2D eigenvalue weighted by Crippen LogP contribution is -2.49. The second-order valence-electron chi connectivity index (χ2n) is 7.24. The predicted molar refractivity (Wildman–Crippen MR) is 107 cm³/mol. The van der Waals surface area contributed by atoms with Gasteiger partial charge >= 0.3 is 0 Å². The van der Waals surface area contributed by atoms with Gasteiger partial charge in [0.15, 0.2) is 0 Å². The first-order valence-corrected chi connectivity index (χ1v) is 10.2. The van der Waals surface area contributed by atoms with Crippen LogP contribution in [0.1, 0.15) is 25.7 Å². The second kappa shape index (κ2) is 8.63. The highest BCUT2D eigenvalue weighted by Crippen LogP contribution is 2.34. The number of nitrogens with zero attached hydrogens (tertiary/aromatic N) is 2. The molecule has 2 fully saturated rings. The maximum atomic E-state index is 12.7. The van der Waals surface area contributed by atoms with Crippen molar-refractivity contribution in [3.8, 4) is 0 Å². The minimum Gasteiger partial charge on any atom is -0.341 e. The normalized spacial score (nSPS) is 20.5. The van der Waals surface area contributed by atoms with E-state index in [0.717, 1.165) is 49.0 Å². The summed E-state index contributed by atoms with van der Waals surface area (Å²) >= 11 is 1.55. The minimum atomic E-state index is 0. The summed E-state index contributed by atoms with van der Waals surface area (Å²) in [4.78, 5) is 29.7. The van der Waals surface area contributed by atoms with E-state index < -0.39 is 0 Å². The van der Waals surface area contributed by atoms with Gasteiger partial charge in [0.05, 0.1) is 11.4 Å². The molecule has 5 nitrogen and oxygen atoms in total. The molecule has 0 atom stereocenters. The summed E-state index contributed by atoms with van der Waals surface area (Å²) < 4.78 is 0. The molecule has 26 heavy (non-hydrogen) atoms. The van der Waals surface area contributed by atoms with Gasteiger partial charge in [0.2, 0.25) is 11.8 Å². The number of para-hydroxylation sites is 1. The Morgan fingerprint density at radius 1 is 1.15 bits per heavy atom. The van der Waals surface area contributed by atoms with Crippen LogP contribution < -0.4 is 10.2 Å². The van der Waals surface area contributed by atoms with E-state index in [9.17, 15) is 9.59 Å². The van der Waals surface area contributed by atoms with Crippen molar-refractivity contribution >= 4 is 41.7 Å². The number of benzene rings is 1. The van der Waals surface area contributed by atoms with Crippen molar-refractivity contribution < 1.29 is 9.59 Å². The number of amides is 2. The topological polar surface area (TPSA) is 52.7 Å². The van der Waals surface area contributed by atoms with Gasteiger partial charge in [-0.05, 0) is 50.3 Å². The molecule has 4 rings (SSSR count). The zero-order chi connectivity index (χ0) is 17.2. The summed E-state index contributed by atoms with van der Waals surface area (Å²) in [5.74, 6) is 1.40. The first-order chi connectivity index (χ1) is 12.2. The number of likely N-dealkylation sites (tertiary alicyclic amines) is 1. The Balaban J connectivity index is 0.00000196. The number of anilines is 1. The zero-order valence-electron chi connectivity index (χ0n) is 14.9. The van der Waals surface area contributed by atoms with Crippen molar-refractivity contribution in [3.05, 3.63) is 24.3 Å². The number of fused-ring (bicyclic) bond motifs is 1. The number of piperidine rings is 1. The van der Waals surface area contributed by atoms with Gasteiger partial charge in [0.1, 0.15) is 6.54 Å². The molecule has 2 heterocycles. The summed E-state index contributed by atoms with van der Waals surface area (Å²) in [6, 6.07) is 8.38. The van der Waals surface area contributed by atoms with E-state index in [0.29, 0.717) is 11.8 Å². The van der Waals surface area contributed by atoms with Gasteiger partial charge in [-0.3, -0.25) is 9.59 Å². The van der Waals surface area contributed by atoms with Crippen LogP contribution in [-0.4, -0.2) is 54.7 Å². The summed E-state index contributed by atoms with van der Waals surface area (Å²) in [6.45, 7) is 2.88. The largest absolute Gasteiger partial charge is 0.341 e. The smallest absolute Gasteiger partial charge is 0.242 e. The Morgan fingerprint density at radius 3 is 2.62 bits per heavy atom. The quantitative estimate of drug-likeness (QED) is 0.832. The van der Waals surface area contributed by atoms with Crippen LogP contribution >= 0.6 is 24.2 Å². The molecule has 0 bridgehead atoms. The Bertz CT molecular complexity index is 660. The van der Waals surface area contributed by atoms with Crippen molar-refractivity contribution in [2.75, 3.05) is 36.8 Å². The minimum absolute atomic E-state index is 0. The Labute approximate surface area is 165 Å². The summed E-state index contributed by atoms with van der Waals surface area (Å²) in [7, 11) is 0. The molecular weight excluding hydrogens is 370 g/mol. The first-order valence-electron chi connectivity index (χ1n) is 9.24. The van der Waals surface area contributed by atoms with Crippen LogP contribution in [-0.2, 0) is 9.59 Å². The van der Waals surface area contributed by atoms with Gasteiger partial charge in [0.25, 0.3) is 0 Å². The fourth-order valence-electron chi connectivity index (χ4n) is 3.55. The summed E-state index contributed by atoms with van der Waals surface area (Å²) in [5, 5.41) is 3.64. The fourth-order valence-corrected chi connectivity index (χ4v) is 4.49. The molecule has 1 aromatic rings. The Morgan fingerprint density at radius 2 is 1.88 bits per heavy atom. The molecule has 2 aliphatic heterocycles. The molecule has 1 saturated heterocycles. The van der Waals surface area contributed by atoms with E-state index in [1.54, 1.807) is 16.7 Å². The van der Waals surface area contributed by atoms with E-state index in [4.69, 9.17) is 0 Å². The average Bonchev–Trinajstić information content (AvgIpc) is 3.47. The molecule has 2 amide bonds. The molecule has 1 aromatic carbocycles. The van der Waals surface area contributed by atoms with Crippen LogP contribution in [0.2, 0.25) is 0 Å². The van der Waals surface area contributed by atoms with Gasteiger partial charge in [-0.2, -0.15) is 0 Å². The third-order valence-corrected chi connectivity index (χ3v) is 6.39. The van der Waals surface area contributed by atoms with Crippen LogP contribution in [0.3, 0.4) is 0 Å². The maximum absolute atomic E-state index is 12.7. The summed E-state index contributed by atoms with van der Waals surface area (Å²) in [5.41, 5.74) is 0.873. The van der Waals surface area contributed by atoms with E-state index in [-0.39, 0.29) is 30.8 Å². The second-order valence-corrected chi connectivity index (χ2v) is 8.26. The third-order valence-electron chi connectivity index (χ3n) is 5.34. The average molecular weight is 396 g/mol. The first kappa shape index (κ1) is 19.5. The van der Waals surface area contributed by atoms with Crippen molar-refractivity contribution in [1.82, 2.24) is 10.2 Å². The van der Waals surface area contributed by atoms with Gasteiger partial charge in [-0.15, -0.1) is 24.2 Å². The van der Waals surface area contributed by atoms with E-state index in [2.05, 4.69) is 5.32 Å². The Hall–Kier alpha value is -1.24. The summed E-state index contributed by atoms with van der Waals surface area (Å²) in [6.07, 6.45) is 4.76. The van der Waals surface area contributed by atoms with Gasteiger partial charge in [-0.25, -0.2) is 0 Å². The van der Waals surface area contributed by atoms with Crippen LogP contribution in [0.5, 0.6) is 0 Å². The molecule has 142 valence electrons. The van der Waals surface area contributed by atoms with Crippen LogP contribution in [0, 0.1) is 5.92 Å². The number of hydrogen-bond acceptors (Lipinski definition) is 4. The number of hydrogen-bond donors (Lipinski definition) is 1. The number of rotatable bonds is 5. The molecular formula is C19H26ClN3O2S. The van der Waals surface area contributed by atoms with Gasteiger partial charge in [0, 0.05) is 24.0 Å². The van der Waals surface area contributed by atoms with Gasteiger partial charge in [-0.1, -0.05) is 12.1 Å². The van der Waals surface area contributed by atoms with Crippen molar-refractivity contribution in [2.24, 2.45) is 5.92 Å². The third kappa shape index (κ3) is 4.53. The van der Waals surface area contributed by atoms with E-state index in [1.165, 1.54) is 12.8 Å². The van der Waals surface area contributed by atoms with Crippen LogP contribution in [0.4, 0.5) is 5.69 Å². The number of thioether (sulfide) groups is 1. The standard InChI is InChI=1S/C19H25N3O2S.ClH/c23-18(21-9-7-15(8-10-21)20-11-14-5-6-14)12-22-16-3-1-2-4-17(16)25-13-19(22)24;/h1-4,14-15,20H,5-13H2;1H. The number of carbonyl (C=O) groups excluding carboxylic acids is 2. The molecule has 1 aliphatic carbocycles. The predicted octanol–water partition coefficient (Wildman–Crippen LogP) is 2.54. The molecule has 7 heteroatoms. The molecule has 0 radical (unpaired) electrons. The lowest BCUT2D eigenvalue weighted by atomic mass is 10.0. The molecule has 1 N–H and O–H groups in total. The highest BCUT2D eigenvalue weighted by atomic mass is 35.5. The highest BCUT2D eigenvalue weighted by Gasteiger charge is 2.30. The fraction of sp³-hybridized carbons (Fsp3) is 0.579. The molecule has 3 aliphatic rings. The molecule has 0 aromatic heterocycles. The lowest BCUT2D eigenvalue weighted by Gasteiger charge is -2.35. The van der Waals surface area contributed by atoms with Crippen molar-refractivity contribution in [2.45, 2.75) is 36.6 Å². The van der Waals surface area contributed by atoms with Crippen molar-refractivity contribution in [3.63, 3.8) is 0 Å². The molecule has 0 unspecified atom stereocenters. The van der Waals surface area contributed by atoms with Crippen LogP contribution in [0.25, 0.3) is 0 Å². The number of nitrogens with one attached hydrogen (secondary N) is 1. The SMILES string of the molecule is Cl.O=C(CN1C(=O)CSc2ccccc21)N1CCC(NCC2CC2)CC1. The van der Waals surface area contributed by atoms with Gasteiger partial charge < -0.3 is 15.1 Å². The van der Waals surface area contributed by atoms with Crippen molar-refractivity contribution in [1.29, 1.82) is 0 Å². The maximum Gasteiger partial charge on any atom is 0.242 e. The van der Waals surface area contributed by atoms with Crippen LogP contribution in [0.15, 0.2) is 29.2 Å². The zero-order valence-corrected chi connectivity index (χ0v) is 16.5. The van der Waals surface area contributed by atoms with E-state index in [1.807, 2.05) is 29.2 Å². The van der Waals surface area contributed by atoms with E-state index >= 15 is 0 Å². The number of carbonyl (C=O) groups is 2. The molecule has 0 spiro atoms. The molecule has 1 saturated carbocycles. The Kier molecular flexibility index (Phi) is 6.48. The number of halogens is 1.